The third-order valence-corrected chi connectivity index (χ3v) is 7.99. The number of allylic oxidation sites excluding steroid dienone is 2. The Bertz CT molecular complexity index is 1070. The normalized spacial score (nSPS) is 27.3. The van der Waals surface area contributed by atoms with Crippen molar-refractivity contribution in [3.63, 3.8) is 0 Å². The van der Waals surface area contributed by atoms with E-state index in [4.69, 9.17) is 0 Å². The molecule has 1 fully saturated rings. The van der Waals surface area contributed by atoms with Crippen LogP contribution in [0, 0.1) is 12.8 Å². The number of amides is 1. The van der Waals surface area contributed by atoms with Crippen molar-refractivity contribution in [2.75, 3.05) is 6.54 Å². The Kier molecular flexibility index (Phi) is 5.98. The van der Waals surface area contributed by atoms with Crippen molar-refractivity contribution in [2.45, 2.75) is 57.5 Å². The molecule has 1 aliphatic carbocycles. The lowest BCUT2D eigenvalue weighted by Crippen LogP contribution is -2.48. The Morgan fingerprint density at radius 1 is 1.12 bits per heavy atom. The summed E-state index contributed by atoms with van der Waals surface area (Å²) in [7, 11) is 0. The molecule has 2 aliphatic heterocycles. The molecular formula is C28H31BrN2O. The number of halogens is 1. The zero-order chi connectivity index (χ0) is 22.2. The van der Waals surface area contributed by atoms with Gasteiger partial charge in [-0.25, -0.2) is 0 Å². The Morgan fingerprint density at radius 3 is 2.72 bits per heavy atom. The topological polar surface area (TPSA) is 32.3 Å². The van der Waals surface area contributed by atoms with Crippen LogP contribution in [-0.2, 0) is 6.42 Å². The highest BCUT2D eigenvalue weighted by Gasteiger charge is 2.40. The zero-order valence-corrected chi connectivity index (χ0v) is 20.4. The minimum absolute atomic E-state index is 0.164. The number of aryl methyl sites for hydroxylation is 2. The van der Waals surface area contributed by atoms with Crippen molar-refractivity contribution in [3.8, 4) is 0 Å². The van der Waals surface area contributed by atoms with Gasteiger partial charge in [0.25, 0.3) is 5.91 Å². The fourth-order valence-corrected chi connectivity index (χ4v) is 6.42. The molecule has 0 bridgehead atoms. The number of rotatable bonds is 2. The first-order chi connectivity index (χ1) is 15.5. The molecule has 3 aliphatic rings. The van der Waals surface area contributed by atoms with Gasteiger partial charge in [0, 0.05) is 34.8 Å². The van der Waals surface area contributed by atoms with E-state index in [9.17, 15) is 4.79 Å². The molecule has 4 heteroatoms. The number of carbonyl (C=O) groups is 1. The molecule has 4 atom stereocenters. The molecule has 2 aromatic rings. The Balaban J connectivity index is 1.44. The van der Waals surface area contributed by atoms with Crippen LogP contribution in [0.2, 0.25) is 0 Å². The van der Waals surface area contributed by atoms with Crippen molar-refractivity contribution in [3.05, 3.63) is 93.1 Å². The van der Waals surface area contributed by atoms with Crippen molar-refractivity contribution in [1.82, 2.24) is 10.2 Å². The summed E-state index contributed by atoms with van der Waals surface area (Å²) >= 11 is 3.67. The molecule has 0 radical (unpaired) electrons. The van der Waals surface area contributed by atoms with E-state index in [1.165, 1.54) is 22.3 Å². The predicted octanol–water partition coefficient (Wildman–Crippen LogP) is 6.10. The lowest BCUT2D eigenvalue weighted by Gasteiger charge is -2.44. The average molecular weight is 491 g/mol. The lowest BCUT2D eigenvalue weighted by molar-refractivity contribution is 0.0547. The molecule has 2 aromatic carbocycles. The number of carbonyl (C=O) groups excluding carboxylic acids is 1. The van der Waals surface area contributed by atoms with Crippen molar-refractivity contribution in [2.24, 2.45) is 5.92 Å². The van der Waals surface area contributed by atoms with Crippen LogP contribution in [0.3, 0.4) is 0 Å². The fraction of sp³-hybridized carbons (Fsp3) is 0.393. The van der Waals surface area contributed by atoms with E-state index < -0.39 is 0 Å². The number of nitrogens with one attached hydrogen (secondary N) is 1. The monoisotopic (exact) mass is 490 g/mol. The summed E-state index contributed by atoms with van der Waals surface area (Å²) in [6.07, 6.45) is 8.69. The molecule has 3 nitrogen and oxygen atoms in total. The van der Waals surface area contributed by atoms with Gasteiger partial charge in [0.05, 0.1) is 6.04 Å². The molecule has 3 unspecified atom stereocenters. The second kappa shape index (κ2) is 8.90. The number of dihydropyridines is 1. The lowest BCUT2D eigenvalue weighted by atomic mass is 9.72. The summed E-state index contributed by atoms with van der Waals surface area (Å²) in [5.74, 6) is 1.12. The van der Waals surface area contributed by atoms with Crippen LogP contribution in [0.15, 0.2) is 70.9 Å². The highest BCUT2D eigenvalue weighted by Crippen LogP contribution is 2.45. The van der Waals surface area contributed by atoms with Gasteiger partial charge in [-0.3, -0.25) is 4.79 Å². The van der Waals surface area contributed by atoms with Gasteiger partial charge < -0.3 is 10.2 Å². The van der Waals surface area contributed by atoms with Gasteiger partial charge in [0.1, 0.15) is 0 Å². The van der Waals surface area contributed by atoms with Crippen molar-refractivity contribution < 1.29 is 4.79 Å². The summed E-state index contributed by atoms with van der Waals surface area (Å²) in [6.45, 7) is 5.24. The van der Waals surface area contributed by atoms with E-state index >= 15 is 0 Å². The molecule has 0 spiro atoms. The van der Waals surface area contributed by atoms with E-state index in [0.29, 0.717) is 17.9 Å². The maximum atomic E-state index is 13.1. The van der Waals surface area contributed by atoms with E-state index in [-0.39, 0.29) is 11.9 Å². The quantitative estimate of drug-likeness (QED) is 0.551. The molecule has 0 aromatic heterocycles. The van der Waals surface area contributed by atoms with Gasteiger partial charge >= 0.3 is 0 Å². The smallest absolute Gasteiger partial charge is 0.254 e. The van der Waals surface area contributed by atoms with Gasteiger partial charge in [-0.2, -0.15) is 0 Å². The Morgan fingerprint density at radius 2 is 1.94 bits per heavy atom. The van der Waals surface area contributed by atoms with E-state index in [0.717, 1.165) is 42.3 Å². The third-order valence-electron chi connectivity index (χ3n) is 7.53. The number of benzene rings is 2. The molecule has 5 rings (SSSR count). The number of hydrogen-bond donors (Lipinski definition) is 1. The summed E-state index contributed by atoms with van der Waals surface area (Å²) in [5.41, 5.74) is 6.63. The largest absolute Gasteiger partial charge is 0.383 e. The molecule has 1 N–H and O–H groups in total. The highest BCUT2D eigenvalue weighted by atomic mass is 79.9. The van der Waals surface area contributed by atoms with Crippen molar-refractivity contribution >= 4 is 21.8 Å². The van der Waals surface area contributed by atoms with Gasteiger partial charge in [-0.05, 0) is 96.3 Å². The highest BCUT2D eigenvalue weighted by molar-refractivity contribution is 9.11. The van der Waals surface area contributed by atoms with Crippen LogP contribution in [0.1, 0.15) is 59.2 Å². The SMILES string of the molecule is Cc1ccc2c(c1)CCC1=CC(Br)=CNC1[C@@H]2C1CCN(C(=O)c2ccccc2)C(C)C1. The first-order valence-electron chi connectivity index (χ1n) is 11.8. The summed E-state index contributed by atoms with van der Waals surface area (Å²) in [4.78, 5) is 15.2. The second-order valence-electron chi connectivity index (χ2n) is 9.62. The van der Waals surface area contributed by atoms with E-state index in [1.54, 1.807) is 0 Å². The van der Waals surface area contributed by atoms with Gasteiger partial charge in [-0.1, -0.05) is 42.0 Å². The van der Waals surface area contributed by atoms with Crippen LogP contribution in [0.25, 0.3) is 0 Å². The van der Waals surface area contributed by atoms with Crippen LogP contribution in [-0.4, -0.2) is 29.4 Å². The number of hydrogen-bond acceptors (Lipinski definition) is 2. The fourth-order valence-electron chi connectivity index (χ4n) is 5.99. The van der Waals surface area contributed by atoms with Gasteiger partial charge in [0.2, 0.25) is 0 Å². The van der Waals surface area contributed by atoms with E-state index in [1.807, 2.05) is 30.3 Å². The molecule has 166 valence electrons. The Labute approximate surface area is 199 Å². The maximum Gasteiger partial charge on any atom is 0.254 e. The molecule has 32 heavy (non-hydrogen) atoms. The van der Waals surface area contributed by atoms with Crippen LogP contribution >= 0.6 is 15.9 Å². The average Bonchev–Trinajstić information content (AvgIpc) is 2.95. The number of fused-ring (bicyclic) bond motifs is 2. The number of nitrogens with zero attached hydrogens (tertiary/aromatic N) is 1. The standard InChI is InChI=1S/C28H31BrN2O/c1-18-8-11-25-21(14-18)9-10-23-16-24(29)17-30-27(23)26(25)22-12-13-31(19(2)15-22)28(32)20-6-4-3-5-7-20/h3-8,11,14,16-17,19,22,26-27,30H,9-10,12-13,15H2,1-2H3/t19?,22?,26-,27?/m1/s1. The predicted molar refractivity (Wildman–Crippen MR) is 134 cm³/mol. The molecule has 1 saturated heterocycles. The van der Waals surface area contributed by atoms with E-state index in [2.05, 4.69) is 70.5 Å². The summed E-state index contributed by atoms with van der Waals surface area (Å²) in [5, 5.41) is 3.73. The number of piperidine rings is 1. The first-order valence-corrected chi connectivity index (χ1v) is 12.6. The second-order valence-corrected chi connectivity index (χ2v) is 10.5. The minimum Gasteiger partial charge on any atom is -0.383 e. The molecule has 2 heterocycles. The van der Waals surface area contributed by atoms with Crippen molar-refractivity contribution in [1.29, 1.82) is 0 Å². The maximum absolute atomic E-state index is 13.1. The van der Waals surface area contributed by atoms with Crippen LogP contribution in [0.5, 0.6) is 0 Å². The van der Waals surface area contributed by atoms with Crippen LogP contribution in [0.4, 0.5) is 0 Å². The Hall–Kier alpha value is -2.33. The summed E-state index contributed by atoms with van der Waals surface area (Å²) < 4.78 is 1.13. The third kappa shape index (κ3) is 4.05. The zero-order valence-electron chi connectivity index (χ0n) is 18.9. The molecule has 1 amide bonds. The summed E-state index contributed by atoms with van der Waals surface area (Å²) in [6, 6.07) is 17.3. The van der Waals surface area contributed by atoms with Crippen LogP contribution < -0.4 is 5.32 Å². The molecular weight excluding hydrogens is 460 g/mol. The first kappa shape index (κ1) is 21.5. The minimum atomic E-state index is 0.164. The van der Waals surface area contributed by atoms with Gasteiger partial charge in [0.15, 0.2) is 0 Å². The number of likely N-dealkylation sites (tertiary alicyclic amines) is 1. The molecule has 0 saturated carbocycles. The van der Waals surface area contributed by atoms with Gasteiger partial charge in [-0.15, -0.1) is 0 Å².